The Balaban J connectivity index is 2.16. The van der Waals surface area contributed by atoms with E-state index in [9.17, 15) is 17.4 Å². The van der Waals surface area contributed by atoms with Gasteiger partial charge in [0.2, 0.25) is 10.0 Å². The molecular formula is C14H18BrNO5S2. The van der Waals surface area contributed by atoms with Gasteiger partial charge in [-0.15, -0.1) is 0 Å². The molecule has 0 aromatic heterocycles. The van der Waals surface area contributed by atoms with Crippen LogP contribution in [-0.4, -0.2) is 42.8 Å². The molecule has 1 saturated heterocycles. The molecule has 0 amide bonds. The number of sulfonamides is 1. The van der Waals surface area contributed by atoms with Crippen molar-refractivity contribution in [3.63, 3.8) is 0 Å². The molecule has 0 bridgehead atoms. The number of carbonyl (C=O) groups is 1. The average molecular weight is 424 g/mol. The zero-order valence-electron chi connectivity index (χ0n) is 12.6. The number of nitrogens with one attached hydrogen (secondary N) is 1. The summed E-state index contributed by atoms with van der Waals surface area (Å²) in [4.78, 5) is 11.7. The smallest absolute Gasteiger partial charge is 0.338 e. The number of esters is 1. The van der Waals surface area contributed by atoms with Gasteiger partial charge >= 0.3 is 5.97 Å². The maximum absolute atomic E-state index is 12.5. The molecule has 0 saturated carbocycles. The molecule has 1 aliphatic heterocycles. The number of halogens is 1. The van der Waals surface area contributed by atoms with E-state index in [1.165, 1.54) is 18.2 Å². The third-order valence-corrected chi connectivity index (χ3v) is 7.32. The molecule has 1 heterocycles. The zero-order chi connectivity index (χ0) is 17.0. The Morgan fingerprint density at radius 2 is 2.04 bits per heavy atom. The summed E-state index contributed by atoms with van der Waals surface area (Å²) in [6.45, 7) is 1.95. The van der Waals surface area contributed by atoms with E-state index < -0.39 is 26.8 Å². The summed E-state index contributed by atoms with van der Waals surface area (Å²) in [5.41, 5.74) is 0.283. The molecule has 0 atom stereocenters. The van der Waals surface area contributed by atoms with Crippen molar-refractivity contribution in [2.45, 2.75) is 30.7 Å². The summed E-state index contributed by atoms with van der Waals surface area (Å²) in [5, 5.41) is 0. The first-order valence-electron chi connectivity index (χ1n) is 7.17. The number of ether oxygens (including phenoxy) is 1. The fraction of sp³-hybridized carbons (Fsp3) is 0.500. The highest BCUT2D eigenvalue weighted by Gasteiger charge is 2.26. The summed E-state index contributed by atoms with van der Waals surface area (Å²) in [7, 11) is -4.55. The Morgan fingerprint density at radius 1 is 1.39 bits per heavy atom. The van der Waals surface area contributed by atoms with E-state index in [4.69, 9.17) is 4.74 Å². The summed E-state index contributed by atoms with van der Waals surface area (Å²) in [6, 6.07) is 4.02. The zero-order valence-corrected chi connectivity index (χ0v) is 15.8. The summed E-state index contributed by atoms with van der Waals surface area (Å²) in [5.74, 6) is 0.520. The minimum absolute atomic E-state index is 0.0669. The van der Waals surface area contributed by atoms with Crippen LogP contribution >= 0.6 is 15.9 Å². The molecule has 6 nitrogen and oxygen atoms in total. The minimum Gasteiger partial charge on any atom is -0.462 e. The molecule has 1 aromatic carbocycles. The Morgan fingerprint density at radius 3 is 2.61 bits per heavy atom. The molecule has 0 unspecified atom stereocenters. The molecular weight excluding hydrogens is 406 g/mol. The van der Waals surface area contributed by atoms with E-state index in [1.54, 1.807) is 6.92 Å². The monoisotopic (exact) mass is 423 g/mol. The van der Waals surface area contributed by atoms with Gasteiger partial charge in [0.1, 0.15) is 0 Å². The molecule has 1 fully saturated rings. The molecule has 23 heavy (non-hydrogen) atoms. The SMILES string of the molecule is CCOC(=O)c1ccc(S(=O)(=O)NC2CCS(=O)CC2)c(Br)c1. The Labute approximate surface area is 146 Å². The number of carbonyl (C=O) groups excluding carboxylic acids is 1. The first kappa shape index (κ1) is 18.6. The predicted octanol–water partition coefficient (Wildman–Crippen LogP) is 1.82. The van der Waals surface area contributed by atoms with Crippen molar-refractivity contribution in [3.8, 4) is 0 Å². The summed E-state index contributed by atoms with van der Waals surface area (Å²) in [6.07, 6.45) is 1.12. The largest absolute Gasteiger partial charge is 0.462 e. The lowest BCUT2D eigenvalue weighted by atomic mass is 10.2. The molecule has 9 heteroatoms. The molecule has 128 valence electrons. The second-order valence-corrected chi connectivity index (χ2v) is 9.34. The number of benzene rings is 1. The van der Waals surface area contributed by atoms with Crippen molar-refractivity contribution >= 4 is 42.7 Å². The quantitative estimate of drug-likeness (QED) is 0.729. The minimum atomic E-state index is -3.71. The van der Waals surface area contributed by atoms with Crippen LogP contribution in [0.25, 0.3) is 0 Å². The van der Waals surface area contributed by atoms with Crippen molar-refractivity contribution in [3.05, 3.63) is 28.2 Å². The fourth-order valence-electron chi connectivity index (χ4n) is 2.25. The van der Waals surface area contributed by atoms with Crippen LogP contribution in [0.5, 0.6) is 0 Å². The summed E-state index contributed by atoms with van der Waals surface area (Å²) >= 11 is 3.20. The lowest BCUT2D eigenvalue weighted by Gasteiger charge is -2.22. The second-order valence-electron chi connectivity index (χ2n) is 5.11. The number of rotatable bonds is 5. The third-order valence-electron chi connectivity index (χ3n) is 3.44. The van der Waals surface area contributed by atoms with Crippen LogP contribution in [-0.2, 0) is 25.6 Å². The molecule has 1 aliphatic rings. The van der Waals surface area contributed by atoms with E-state index >= 15 is 0 Å². The van der Waals surface area contributed by atoms with Crippen LogP contribution in [0.4, 0.5) is 0 Å². The van der Waals surface area contributed by atoms with Gasteiger partial charge in [0.25, 0.3) is 0 Å². The Hall–Kier alpha value is -0.770. The topological polar surface area (TPSA) is 89.5 Å². The lowest BCUT2D eigenvalue weighted by molar-refractivity contribution is 0.0526. The third kappa shape index (κ3) is 4.85. The molecule has 1 aromatic rings. The molecule has 0 spiro atoms. The number of hydrogen-bond acceptors (Lipinski definition) is 5. The lowest BCUT2D eigenvalue weighted by Crippen LogP contribution is -2.39. The van der Waals surface area contributed by atoms with Crippen LogP contribution in [0.2, 0.25) is 0 Å². The highest BCUT2D eigenvalue weighted by atomic mass is 79.9. The molecule has 0 radical (unpaired) electrons. The van der Waals surface area contributed by atoms with Crippen molar-refractivity contribution < 1.29 is 22.2 Å². The maximum atomic E-state index is 12.5. The van der Waals surface area contributed by atoms with Crippen molar-refractivity contribution in [2.24, 2.45) is 0 Å². The Bertz CT molecular complexity index is 710. The van der Waals surface area contributed by atoms with Gasteiger partial charge < -0.3 is 4.74 Å². The Kier molecular flexibility index (Phi) is 6.35. The van der Waals surface area contributed by atoms with Gasteiger partial charge in [-0.1, -0.05) is 0 Å². The van der Waals surface area contributed by atoms with Gasteiger partial charge in [0.15, 0.2) is 0 Å². The standard InChI is InChI=1S/C14H18BrNO5S2/c1-2-21-14(17)10-3-4-13(12(15)9-10)23(19,20)16-11-5-7-22(18)8-6-11/h3-4,9,11,16H,2,5-8H2,1H3. The average Bonchev–Trinajstić information content (AvgIpc) is 2.49. The van der Waals surface area contributed by atoms with Crippen LogP contribution in [0.3, 0.4) is 0 Å². The maximum Gasteiger partial charge on any atom is 0.338 e. The van der Waals surface area contributed by atoms with E-state index in [-0.39, 0.29) is 23.1 Å². The van der Waals surface area contributed by atoms with Gasteiger partial charge in [-0.05, 0) is 53.9 Å². The predicted molar refractivity (Wildman–Crippen MR) is 91.3 cm³/mol. The van der Waals surface area contributed by atoms with E-state index in [1.807, 2.05) is 0 Å². The van der Waals surface area contributed by atoms with Gasteiger partial charge in [-0.25, -0.2) is 17.9 Å². The van der Waals surface area contributed by atoms with Gasteiger partial charge in [-0.2, -0.15) is 0 Å². The van der Waals surface area contributed by atoms with Crippen LogP contribution in [0, 0.1) is 0 Å². The van der Waals surface area contributed by atoms with Gasteiger partial charge in [-0.3, -0.25) is 4.21 Å². The molecule has 2 rings (SSSR count). The van der Waals surface area contributed by atoms with E-state index in [0.29, 0.717) is 28.8 Å². The van der Waals surface area contributed by atoms with Crippen molar-refractivity contribution in [1.29, 1.82) is 0 Å². The van der Waals surface area contributed by atoms with E-state index in [0.717, 1.165) is 0 Å². The fourth-order valence-corrected chi connectivity index (χ4v) is 5.94. The molecule has 1 N–H and O–H groups in total. The van der Waals surface area contributed by atoms with Crippen LogP contribution < -0.4 is 4.72 Å². The number of hydrogen-bond donors (Lipinski definition) is 1. The highest BCUT2D eigenvalue weighted by molar-refractivity contribution is 9.10. The van der Waals surface area contributed by atoms with Gasteiger partial charge in [0.05, 0.1) is 17.1 Å². The van der Waals surface area contributed by atoms with E-state index in [2.05, 4.69) is 20.7 Å². The van der Waals surface area contributed by atoms with Gasteiger partial charge in [0, 0.05) is 32.8 Å². The van der Waals surface area contributed by atoms with Crippen LogP contribution in [0.15, 0.2) is 27.6 Å². The summed E-state index contributed by atoms with van der Waals surface area (Å²) < 4.78 is 44.1. The molecule has 0 aliphatic carbocycles. The van der Waals surface area contributed by atoms with Crippen molar-refractivity contribution in [1.82, 2.24) is 4.72 Å². The highest BCUT2D eigenvalue weighted by Crippen LogP contribution is 2.24. The van der Waals surface area contributed by atoms with Crippen molar-refractivity contribution in [2.75, 3.05) is 18.1 Å². The first-order valence-corrected chi connectivity index (χ1v) is 10.9. The second kappa shape index (κ2) is 7.87. The normalized spacial score (nSPS) is 21.8. The van der Waals surface area contributed by atoms with Crippen LogP contribution in [0.1, 0.15) is 30.1 Å². The first-order chi connectivity index (χ1) is 10.8.